The van der Waals surface area contributed by atoms with Crippen LogP contribution < -0.4 is 0 Å². The molecule has 78 valence electrons. The molecule has 0 amide bonds. The van der Waals surface area contributed by atoms with E-state index in [-0.39, 0.29) is 5.75 Å². The molecule has 15 heavy (non-hydrogen) atoms. The highest BCUT2D eigenvalue weighted by atomic mass is 35.5. The minimum atomic E-state index is -1.96. The molecule has 0 radical (unpaired) electrons. The zero-order chi connectivity index (χ0) is 10.9. The lowest BCUT2D eigenvalue weighted by atomic mass is 9.90. The van der Waals surface area contributed by atoms with E-state index in [0.717, 1.165) is 0 Å². The monoisotopic (exact) mass is 224 g/mol. The molecular formula is C12H10ClFO. The van der Waals surface area contributed by atoms with Gasteiger partial charge in [-0.15, -0.1) is 0 Å². The van der Waals surface area contributed by atoms with Crippen molar-refractivity contribution in [2.24, 2.45) is 0 Å². The Balaban J connectivity index is 2.44. The third-order valence-electron chi connectivity index (χ3n) is 2.42. The third kappa shape index (κ3) is 1.90. The number of hydrogen-bond donors (Lipinski definition) is 1. The van der Waals surface area contributed by atoms with Crippen molar-refractivity contribution in [1.82, 2.24) is 0 Å². The maximum Gasteiger partial charge on any atom is 0.212 e. The van der Waals surface area contributed by atoms with E-state index in [2.05, 4.69) is 0 Å². The number of phenolic OH excluding ortho intramolecular Hbond substituents is 1. The fourth-order valence-electron chi connectivity index (χ4n) is 1.65. The van der Waals surface area contributed by atoms with Crippen molar-refractivity contribution < 1.29 is 9.50 Å². The Hall–Kier alpha value is -1.28. The molecule has 0 heterocycles. The molecule has 3 heteroatoms. The molecule has 0 aromatic heterocycles. The number of rotatable bonds is 1. The summed E-state index contributed by atoms with van der Waals surface area (Å²) in [7, 11) is 0. The molecule has 1 aromatic carbocycles. The summed E-state index contributed by atoms with van der Waals surface area (Å²) < 4.78 is 13.9. The van der Waals surface area contributed by atoms with Crippen LogP contribution in [0.2, 0.25) is 0 Å². The fourth-order valence-corrected chi connectivity index (χ4v) is 1.92. The highest BCUT2D eigenvalue weighted by Gasteiger charge is 2.36. The van der Waals surface area contributed by atoms with Crippen LogP contribution in [0.15, 0.2) is 48.6 Å². The molecule has 2 rings (SSSR count). The maximum absolute atomic E-state index is 13.9. The van der Waals surface area contributed by atoms with E-state index in [1.807, 2.05) is 0 Å². The molecular weight excluding hydrogens is 215 g/mol. The van der Waals surface area contributed by atoms with Crippen LogP contribution in [0, 0.1) is 0 Å². The predicted molar refractivity (Wildman–Crippen MR) is 58.8 cm³/mol. The predicted octanol–water partition coefficient (Wildman–Crippen LogP) is 3.51. The van der Waals surface area contributed by atoms with Gasteiger partial charge in [-0.2, -0.15) is 0 Å². The number of halogens is 2. The van der Waals surface area contributed by atoms with Gasteiger partial charge in [-0.3, -0.25) is 0 Å². The van der Waals surface area contributed by atoms with Crippen LogP contribution >= 0.6 is 11.6 Å². The molecule has 0 aliphatic heterocycles. The normalized spacial score (nSPS) is 29.3. The van der Waals surface area contributed by atoms with E-state index in [9.17, 15) is 9.50 Å². The molecule has 0 fully saturated rings. The Morgan fingerprint density at radius 1 is 1.27 bits per heavy atom. The summed E-state index contributed by atoms with van der Waals surface area (Å²) in [5.41, 5.74) is 0.496. The standard InChI is InChI=1S/C12H10ClFO/c13-12(14)8-4-3-6-10(12)9-5-1-2-7-11(9)15/h1-8,10,15H. The van der Waals surface area contributed by atoms with Gasteiger partial charge in [0.1, 0.15) is 5.75 Å². The van der Waals surface area contributed by atoms with Crippen LogP contribution in [0.4, 0.5) is 4.39 Å². The van der Waals surface area contributed by atoms with Gasteiger partial charge in [0.2, 0.25) is 5.13 Å². The number of para-hydroxylation sites is 1. The lowest BCUT2D eigenvalue weighted by Gasteiger charge is -2.25. The molecule has 2 atom stereocenters. The third-order valence-corrected chi connectivity index (χ3v) is 2.78. The lowest BCUT2D eigenvalue weighted by molar-refractivity contribution is 0.310. The molecule has 1 aromatic rings. The van der Waals surface area contributed by atoms with Crippen LogP contribution in [0.1, 0.15) is 11.5 Å². The summed E-state index contributed by atoms with van der Waals surface area (Å²) in [4.78, 5) is 0. The highest BCUT2D eigenvalue weighted by molar-refractivity contribution is 6.25. The summed E-state index contributed by atoms with van der Waals surface area (Å²) >= 11 is 5.73. The van der Waals surface area contributed by atoms with E-state index < -0.39 is 11.0 Å². The van der Waals surface area contributed by atoms with Gasteiger partial charge in [0.05, 0.1) is 5.92 Å². The van der Waals surface area contributed by atoms with Crippen LogP contribution in [-0.2, 0) is 0 Å². The Bertz CT molecular complexity index is 423. The van der Waals surface area contributed by atoms with Gasteiger partial charge in [0.25, 0.3) is 0 Å². The van der Waals surface area contributed by atoms with Gasteiger partial charge in [0, 0.05) is 5.56 Å². The molecule has 0 saturated carbocycles. The van der Waals surface area contributed by atoms with Crippen molar-refractivity contribution in [3.63, 3.8) is 0 Å². The minimum Gasteiger partial charge on any atom is -0.508 e. The summed E-state index contributed by atoms with van der Waals surface area (Å²) in [6, 6.07) is 6.62. The van der Waals surface area contributed by atoms with Crippen LogP contribution in [0.5, 0.6) is 5.75 Å². The average molecular weight is 225 g/mol. The number of alkyl halides is 2. The number of hydrogen-bond acceptors (Lipinski definition) is 1. The molecule has 1 nitrogen and oxygen atoms in total. The van der Waals surface area contributed by atoms with Crippen molar-refractivity contribution in [2.45, 2.75) is 11.0 Å². The first-order chi connectivity index (χ1) is 7.11. The number of benzene rings is 1. The largest absolute Gasteiger partial charge is 0.508 e. The zero-order valence-electron chi connectivity index (χ0n) is 7.90. The summed E-state index contributed by atoms with van der Waals surface area (Å²) in [6.45, 7) is 0. The van der Waals surface area contributed by atoms with Gasteiger partial charge in [-0.05, 0) is 12.1 Å². The maximum atomic E-state index is 13.9. The second-order valence-corrected chi connectivity index (χ2v) is 4.03. The molecule has 1 aliphatic carbocycles. The number of aromatic hydroxyl groups is 1. The van der Waals surface area contributed by atoms with Crippen molar-refractivity contribution in [3.05, 3.63) is 54.1 Å². The van der Waals surface area contributed by atoms with E-state index in [1.165, 1.54) is 12.1 Å². The Morgan fingerprint density at radius 2 is 2.00 bits per heavy atom. The van der Waals surface area contributed by atoms with Crippen LogP contribution in [0.25, 0.3) is 0 Å². The molecule has 1 N–H and O–H groups in total. The zero-order valence-corrected chi connectivity index (χ0v) is 8.66. The van der Waals surface area contributed by atoms with Crippen molar-refractivity contribution in [2.75, 3.05) is 0 Å². The second-order valence-electron chi connectivity index (χ2n) is 3.46. The van der Waals surface area contributed by atoms with Crippen LogP contribution in [0.3, 0.4) is 0 Å². The second kappa shape index (κ2) is 3.70. The van der Waals surface area contributed by atoms with Gasteiger partial charge < -0.3 is 5.11 Å². The average Bonchev–Trinajstić information content (AvgIpc) is 2.19. The number of phenols is 1. The topological polar surface area (TPSA) is 20.2 Å². The SMILES string of the molecule is Oc1ccccc1C1C=CC=CC1(F)Cl. The van der Waals surface area contributed by atoms with Gasteiger partial charge in [-0.25, -0.2) is 4.39 Å². The van der Waals surface area contributed by atoms with E-state index in [4.69, 9.17) is 11.6 Å². The van der Waals surface area contributed by atoms with Crippen molar-refractivity contribution >= 4 is 11.6 Å². The smallest absolute Gasteiger partial charge is 0.212 e. The number of allylic oxidation sites excluding steroid dienone is 4. The van der Waals surface area contributed by atoms with Crippen molar-refractivity contribution in [1.29, 1.82) is 0 Å². The molecule has 0 bridgehead atoms. The summed E-state index contributed by atoms with van der Waals surface area (Å²) in [5.74, 6) is -0.588. The van der Waals surface area contributed by atoms with Gasteiger partial charge in [0.15, 0.2) is 0 Å². The van der Waals surface area contributed by atoms with Gasteiger partial charge in [-0.1, -0.05) is 48.0 Å². The molecule has 0 saturated heterocycles. The summed E-state index contributed by atoms with van der Waals surface area (Å²) in [5, 5.41) is 7.65. The quantitative estimate of drug-likeness (QED) is 0.724. The molecule has 0 spiro atoms. The summed E-state index contributed by atoms with van der Waals surface area (Å²) in [6.07, 6.45) is 6.20. The van der Waals surface area contributed by atoms with Gasteiger partial charge >= 0.3 is 0 Å². The fraction of sp³-hybridized carbons (Fsp3) is 0.167. The first kappa shape index (κ1) is 10.2. The Kier molecular flexibility index (Phi) is 2.53. The lowest BCUT2D eigenvalue weighted by Crippen LogP contribution is -2.22. The van der Waals surface area contributed by atoms with E-state index in [1.54, 1.807) is 36.4 Å². The first-order valence-corrected chi connectivity index (χ1v) is 5.01. The molecule has 1 aliphatic rings. The highest BCUT2D eigenvalue weighted by Crippen LogP contribution is 2.42. The minimum absolute atomic E-state index is 0.0603. The molecule has 2 unspecified atom stereocenters. The van der Waals surface area contributed by atoms with Crippen LogP contribution in [-0.4, -0.2) is 10.2 Å². The van der Waals surface area contributed by atoms with E-state index >= 15 is 0 Å². The Morgan fingerprint density at radius 3 is 2.67 bits per heavy atom. The first-order valence-electron chi connectivity index (χ1n) is 4.63. The van der Waals surface area contributed by atoms with E-state index in [0.29, 0.717) is 5.56 Å². The Labute approximate surface area is 92.5 Å². The van der Waals surface area contributed by atoms with Crippen molar-refractivity contribution in [3.8, 4) is 5.75 Å².